The average Bonchev–Trinajstić information content (AvgIpc) is 3.54. The van der Waals surface area contributed by atoms with Gasteiger partial charge in [0.25, 0.3) is 0 Å². The summed E-state index contributed by atoms with van der Waals surface area (Å²) in [7, 11) is 0. The molecule has 1 saturated heterocycles. The fourth-order valence-corrected chi connectivity index (χ4v) is 4.69. The smallest absolute Gasteiger partial charge is 0.341 e. The van der Waals surface area contributed by atoms with Crippen LogP contribution in [0.1, 0.15) is 40.7 Å². The van der Waals surface area contributed by atoms with Crippen LogP contribution < -0.4 is 21.8 Å². The van der Waals surface area contributed by atoms with Gasteiger partial charge in [-0.05, 0) is 18.4 Å². The fourth-order valence-electron chi connectivity index (χ4n) is 4.69. The first-order valence-electron chi connectivity index (χ1n) is 10.4. The van der Waals surface area contributed by atoms with Crippen LogP contribution in [0.5, 0.6) is 0 Å². The first kappa shape index (κ1) is 20.4. The van der Waals surface area contributed by atoms with Crippen molar-refractivity contribution in [2.75, 3.05) is 23.7 Å². The van der Waals surface area contributed by atoms with E-state index in [0.29, 0.717) is 12.8 Å². The molecule has 2 atom stereocenters. The summed E-state index contributed by atoms with van der Waals surface area (Å²) in [6.07, 6.45) is 2.54. The maximum atomic E-state index is 15.9. The molecule has 1 aromatic heterocycles. The van der Waals surface area contributed by atoms with Gasteiger partial charge in [-0.1, -0.05) is 30.3 Å². The van der Waals surface area contributed by atoms with Gasteiger partial charge in [0.1, 0.15) is 11.3 Å². The number of nitrogens with zero attached hydrogens (tertiary/aromatic N) is 2. The highest BCUT2D eigenvalue weighted by Gasteiger charge is 2.37. The summed E-state index contributed by atoms with van der Waals surface area (Å²) < 4.78 is 32.7. The van der Waals surface area contributed by atoms with Gasteiger partial charge in [0.2, 0.25) is 5.43 Å². The highest BCUT2D eigenvalue weighted by Crippen LogP contribution is 2.43. The molecule has 7 nitrogen and oxygen atoms in total. The summed E-state index contributed by atoms with van der Waals surface area (Å²) in [4.78, 5) is 25.9. The van der Waals surface area contributed by atoms with Gasteiger partial charge in [0.05, 0.1) is 16.6 Å². The van der Waals surface area contributed by atoms with Crippen molar-refractivity contribution in [1.82, 2.24) is 4.57 Å². The number of hydrogen-bond acceptors (Lipinski definition) is 5. The van der Waals surface area contributed by atoms with Gasteiger partial charge in [-0.3, -0.25) is 4.79 Å². The van der Waals surface area contributed by atoms with Gasteiger partial charge in [-0.2, -0.15) is 0 Å². The monoisotopic (exact) mass is 440 g/mol. The number of nitrogens with two attached hydrogens (primary N) is 2. The Balaban J connectivity index is 1.70. The Bertz CT molecular complexity index is 1300. The van der Waals surface area contributed by atoms with Crippen molar-refractivity contribution in [2.24, 2.45) is 5.73 Å². The Morgan fingerprint density at radius 2 is 1.78 bits per heavy atom. The van der Waals surface area contributed by atoms with E-state index in [1.807, 2.05) is 30.3 Å². The van der Waals surface area contributed by atoms with Crippen LogP contribution in [-0.2, 0) is 0 Å². The summed E-state index contributed by atoms with van der Waals surface area (Å²) >= 11 is 0. The maximum absolute atomic E-state index is 15.9. The minimum absolute atomic E-state index is 0.132. The number of benzene rings is 2. The van der Waals surface area contributed by atoms with E-state index >= 15 is 8.78 Å². The minimum Gasteiger partial charge on any atom is -0.477 e. The zero-order valence-electron chi connectivity index (χ0n) is 17.1. The molecule has 9 heteroatoms. The van der Waals surface area contributed by atoms with E-state index in [1.165, 1.54) is 9.47 Å². The summed E-state index contributed by atoms with van der Waals surface area (Å²) in [6.45, 7) is 0.490. The summed E-state index contributed by atoms with van der Waals surface area (Å²) in [6, 6.07) is 8.98. The summed E-state index contributed by atoms with van der Waals surface area (Å²) in [5, 5.41) is 8.98. The third-order valence-corrected chi connectivity index (χ3v) is 6.44. The van der Waals surface area contributed by atoms with Gasteiger partial charge in [-0.25, -0.2) is 13.6 Å². The second kappa shape index (κ2) is 7.30. The Labute approximate surface area is 181 Å². The molecule has 1 saturated carbocycles. The molecule has 2 fully saturated rings. The van der Waals surface area contributed by atoms with E-state index in [2.05, 4.69) is 0 Å². The molecule has 0 amide bonds. The molecular weight excluding hydrogens is 418 g/mol. The fraction of sp³-hybridized carbons (Fsp3) is 0.304. The first-order valence-corrected chi connectivity index (χ1v) is 10.4. The van der Waals surface area contributed by atoms with E-state index in [1.54, 1.807) is 0 Å². The van der Waals surface area contributed by atoms with Crippen molar-refractivity contribution in [3.63, 3.8) is 0 Å². The SMILES string of the molecule is Nc1c(F)c(N2C[C@@H](N)[C@H](c3ccccc3)C2)c(F)c2c1c(=O)c(C(=O)O)cn2C1CC1. The number of anilines is 2. The number of carboxylic acids is 1. The van der Waals surface area contributed by atoms with Gasteiger partial charge < -0.3 is 26.0 Å². The largest absolute Gasteiger partial charge is 0.477 e. The predicted octanol–water partition coefficient (Wildman–Crippen LogP) is 2.83. The maximum Gasteiger partial charge on any atom is 0.341 e. The molecule has 2 aromatic carbocycles. The molecule has 1 aliphatic carbocycles. The quantitative estimate of drug-likeness (QED) is 0.538. The molecule has 2 aliphatic rings. The molecule has 0 spiro atoms. The van der Waals surface area contributed by atoms with E-state index in [9.17, 15) is 14.7 Å². The number of carbonyl (C=O) groups is 1. The van der Waals surface area contributed by atoms with E-state index in [4.69, 9.17) is 11.5 Å². The molecule has 2 heterocycles. The third kappa shape index (κ3) is 3.03. The van der Waals surface area contributed by atoms with Crippen molar-refractivity contribution in [3.05, 3.63) is 69.5 Å². The lowest BCUT2D eigenvalue weighted by molar-refractivity contribution is 0.0695. The van der Waals surface area contributed by atoms with E-state index < -0.39 is 39.7 Å². The highest BCUT2D eigenvalue weighted by molar-refractivity contribution is 5.99. The van der Waals surface area contributed by atoms with Crippen LogP contribution in [0, 0.1) is 11.6 Å². The number of rotatable bonds is 4. The highest BCUT2D eigenvalue weighted by atomic mass is 19.1. The number of halogens is 2. The molecular formula is C23H22F2N4O3. The number of pyridine rings is 1. The van der Waals surface area contributed by atoms with Crippen molar-refractivity contribution in [1.29, 1.82) is 0 Å². The lowest BCUT2D eigenvalue weighted by atomic mass is 9.95. The zero-order valence-corrected chi connectivity index (χ0v) is 17.1. The van der Waals surface area contributed by atoms with Crippen molar-refractivity contribution in [3.8, 4) is 0 Å². The molecule has 0 radical (unpaired) electrons. The lowest BCUT2D eigenvalue weighted by Crippen LogP contribution is -2.30. The van der Waals surface area contributed by atoms with Crippen LogP contribution in [-0.4, -0.2) is 34.8 Å². The number of aromatic carboxylic acids is 1. The molecule has 0 unspecified atom stereocenters. The second-order valence-corrected chi connectivity index (χ2v) is 8.52. The van der Waals surface area contributed by atoms with Gasteiger partial charge in [0.15, 0.2) is 11.6 Å². The lowest BCUT2D eigenvalue weighted by Gasteiger charge is -2.23. The van der Waals surface area contributed by atoms with Crippen LogP contribution in [0.2, 0.25) is 0 Å². The Hall–Kier alpha value is -3.46. The van der Waals surface area contributed by atoms with E-state index in [0.717, 1.165) is 11.8 Å². The summed E-state index contributed by atoms with van der Waals surface area (Å²) in [5.74, 6) is -3.59. The normalized spacial score (nSPS) is 20.8. The molecule has 0 bridgehead atoms. The van der Waals surface area contributed by atoms with Crippen LogP contribution in [0.25, 0.3) is 10.9 Å². The van der Waals surface area contributed by atoms with Crippen LogP contribution in [0.3, 0.4) is 0 Å². The van der Waals surface area contributed by atoms with Gasteiger partial charge in [-0.15, -0.1) is 0 Å². The van der Waals surface area contributed by atoms with Crippen LogP contribution in [0.4, 0.5) is 20.2 Å². The number of carboxylic acid groups (broad SMARTS) is 1. The van der Waals surface area contributed by atoms with Gasteiger partial charge >= 0.3 is 5.97 Å². The molecule has 166 valence electrons. The molecule has 1 aliphatic heterocycles. The average molecular weight is 440 g/mol. The number of fused-ring (bicyclic) bond motifs is 1. The minimum atomic E-state index is -1.47. The van der Waals surface area contributed by atoms with E-state index in [-0.39, 0.29) is 42.3 Å². The second-order valence-electron chi connectivity index (χ2n) is 8.52. The topological polar surface area (TPSA) is 115 Å². The van der Waals surface area contributed by atoms with Crippen LogP contribution in [0.15, 0.2) is 41.3 Å². The number of aromatic nitrogens is 1. The van der Waals surface area contributed by atoms with Crippen LogP contribution >= 0.6 is 0 Å². The zero-order chi connectivity index (χ0) is 22.7. The van der Waals surface area contributed by atoms with Crippen molar-refractivity contribution < 1.29 is 18.7 Å². The van der Waals surface area contributed by atoms with Gasteiger partial charge in [0, 0.05) is 37.3 Å². The van der Waals surface area contributed by atoms with Crippen molar-refractivity contribution >= 4 is 28.2 Å². The third-order valence-electron chi connectivity index (χ3n) is 6.44. The molecule has 5 rings (SSSR count). The Morgan fingerprint density at radius 1 is 1.09 bits per heavy atom. The molecule has 32 heavy (non-hydrogen) atoms. The molecule has 5 N–H and O–H groups in total. The Kier molecular flexibility index (Phi) is 4.67. The standard InChI is InChI=1S/C23H22F2N4O3/c24-17-19(27)16-20(29(12-6-7-12)9-14(22(16)30)23(31)32)18(25)21(17)28-8-13(15(26)10-28)11-4-2-1-3-5-11/h1-5,9,12-13,15H,6-8,10,26-27H2,(H,31,32)/t13-,15+/m0/s1. The number of nitrogen functional groups attached to an aromatic ring is 1. The van der Waals surface area contributed by atoms with Crippen molar-refractivity contribution in [2.45, 2.75) is 30.8 Å². The Morgan fingerprint density at radius 3 is 2.41 bits per heavy atom. The summed E-state index contributed by atoms with van der Waals surface area (Å²) in [5.41, 5.74) is 10.7. The predicted molar refractivity (Wildman–Crippen MR) is 117 cm³/mol. The first-order chi connectivity index (χ1) is 15.3. The molecule has 3 aromatic rings. The number of hydrogen-bond donors (Lipinski definition) is 3.